The van der Waals surface area contributed by atoms with E-state index in [1.165, 1.54) is 0 Å². The first-order valence-corrected chi connectivity index (χ1v) is 8.04. The number of hydrogen-bond donors (Lipinski definition) is 2. The molecule has 0 fully saturated rings. The van der Waals surface area contributed by atoms with E-state index in [2.05, 4.69) is 4.99 Å². The van der Waals surface area contributed by atoms with Crippen molar-refractivity contribution < 1.29 is 9.53 Å². The first kappa shape index (κ1) is 20.1. The molecule has 132 valence electrons. The third kappa shape index (κ3) is 8.08. The molecule has 0 saturated heterocycles. The molecule has 1 aromatic rings. The van der Waals surface area contributed by atoms with Crippen molar-refractivity contribution in [3.63, 3.8) is 0 Å². The van der Waals surface area contributed by atoms with Gasteiger partial charge in [-0.25, -0.2) is 4.99 Å². The zero-order valence-corrected chi connectivity index (χ0v) is 15.3. The molecule has 0 aliphatic carbocycles. The van der Waals surface area contributed by atoms with Crippen molar-refractivity contribution in [3.05, 3.63) is 40.0 Å². The Morgan fingerprint density at radius 3 is 2.58 bits per heavy atom. The van der Waals surface area contributed by atoms with Gasteiger partial charge in [0.25, 0.3) is 0 Å². The highest BCUT2D eigenvalue weighted by Gasteiger charge is 2.08. The van der Waals surface area contributed by atoms with E-state index in [-0.39, 0.29) is 18.3 Å². The summed E-state index contributed by atoms with van der Waals surface area (Å²) in [5.41, 5.74) is 11.6. The van der Waals surface area contributed by atoms with Crippen LogP contribution in [0.15, 0.2) is 35.0 Å². The molecular formula is C16H22Cl2N4O2. The van der Waals surface area contributed by atoms with Crippen molar-refractivity contribution in [3.8, 4) is 5.75 Å². The van der Waals surface area contributed by atoms with Gasteiger partial charge in [0.15, 0.2) is 11.7 Å². The first-order valence-electron chi connectivity index (χ1n) is 7.29. The number of ketones is 1. The normalized spacial score (nSPS) is 11.1. The Morgan fingerprint density at radius 2 is 2.00 bits per heavy atom. The van der Waals surface area contributed by atoms with Crippen LogP contribution in [0.5, 0.6) is 5.75 Å². The van der Waals surface area contributed by atoms with Crippen LogP contribution in [-0.2, 0) is 4.79 Å². The SMILES string of the molecule is CN(C)C=C(CCC(=O)COc1ccc(Cl)cc1Cl)CN=C(N)N. The van der Waals surface area contributed by atoms with Gasteiger partial charge in [-0.05, 0) is 36.4 Å². The van der Waals surface area contributed by atoms with Crippen molar-refractivity contribution in [2.75, 3.05) is 27.2 Å². The number of benzene rings is 1. The van der Waals surface area contributed by atoms with Crippen molar-refractivity contribution in [2.24, 2.45) is 16.5 Å². The van der Waals surface area contributed by atoms with Gasteiger partial charge in [-0.3, -0.25) is 4.79 Å². The predicted molar refractivity (Wildman–Crippen MR) is 98.6 cm³/mol. The number of nitrogens with zero attached hydrogens (tertiary/aromatic N) is 2. The minimum absolute atomic E-state index is 0.0201. The summed E-state index contributed by atoms with van der Waals surface area (Å²) in [6, 6.07) is 4.85. The maximum absolute atomic E-state index is 12.0. The summed E-state index contributed by atoms with van der Waals surface area (Å²) in [7, 11) is 3.78. The molecule has 1 rings (SSSR count). The number of Topliss-reactive ketones (excluding diaryl/α,β-unsaturated/α-hetero) is 1. The summed E-state index contributed by atoms with van der Waals surface area (Å²) in [5.74, 6) is 0.404. The smallest absolute Gasteiger partial charge is 0.186 e. The minimum Gasteiger partial charge on any atom is -0.484 e. The van der Waals surface area contributed by atoms with Crippen LogP contribution in [0.1, 0.15) is 12.8 Å². The molecule has 0 spiro atoms. The number of hydrogen-bond acceptors (Lipinski definition) is 4. The number of aliphatic imine (C=N–C) groups is 1. The number of carbonyl (C=O) groups is 1. The fourth-order valence-corrected chi connectivity index (χ4v) is 2.33. The van der Waals surface area contributed by atoms with Crippen molar-refractivity contribution in [1.29, 1.82) is 0 Å². The average molecular weight is 373 g/mol. The fourth-order valence-electron chi connectivity index (χ4n) is 1.87. The zero-order chi connectivity index (χ0) is 18.1. The van der Waals surface area contributed by atoms with Gasteiger partial charge in [0.2, 0.25) is 0 Å². The van der Waals surface area contributed by atoms with Gasteiger partial charge in [-0.1, -0.05) is 23.2 Å². The van der Waals surface area contributed by atoms with E-state index in [0.29, 0.717) is 35.2 Å². The van der Waals surface area contributed by atoms with E-state index >= 15 is 0 Å². The molecule has 0 saturated carbocycles. The summed E-state index contributed by atoms with van der Waals surface area (Å²) < 4.78 is 5.43. The van der Waals surface area contributed by atoms with Gasteiger partial charge in [-0.2, -0.15) is 0 Å². The van der Waals surface area contributed by atoms with Gasteiger partial charge in [0.1, 0.15) is 12.4 Å². The van der Waals surface area contributed by atoms with Gasteiger partial charge in [0.05, 0.1) is 11.6 Å². The van der Waals surface area contributed by atoms with E-state index in [1.807, 2.05) is 25.2 Å². The summed E-state index contributed by atoms with van der Waals surface area (Å²) in [6.07, 6.45) is 2.77. The Bertz CT molecular complexity index is 627. The highest BCUT2D eigenvalue weighted by Crippen LogP contribution is 2.27. The van der Waals surface area contributed by atoms with Crippen LogP contribution < -0.4 is 16.2 Å². The predicted octanol–water partition coefficient (Wildman–Crippen LogP) is 2.44. The van der Waals surface area contributed by atoms with E-state index in [1.54, 1.807) is 18.2 Å². The number of halogens is 2. The standard InChI is InChI=1S/C16H22Cl2N4O2/c1-22(2)9-11(8-21-16(19)20)3-5-13(23)10-24-15-6-4-12(17)7-14(15)18/h4,6-7,9H,3,5,8,10H2,1-2H3,(H4,19,20,21). The van der Waals surface area contributed by atoms with Crippen LogP contribution in [0.4, 0.5) is 0 Å². The maximum Gasteiger partial charge on any atom is 0.186 e. The van der Waals surface area contributed by atoms with Crippen LogP contribution >= 0.6 is 23.2 Å². The lowest BCUT2D eigenvalue weighted by molar-refractivity contribution is -0.121. The number of nitrogens with two attached hydrogens (primary N) is 2. The third-order valence-electron chi connectivity index (χ3n) is 2.91. The largest absolute Gasteiger partial charge is 0.484 e. The van der Waals surface area contributed by atoms with Crippen molar-refractivity contribution in [1.82, 2.24) is 4.90 Å². The Labute approximate surface area is 152 Å². The molecule has 0 atom stereocenters. The Kier molecular flexibility index (Phi) is 8.43. The summed E-state index contributed by atoms with van der Waals surface area (Å²) in [4.78, 5) is 17.9. The van der Waals surface area contributed by atoms with Gasteiger partial charge in [-0.15, -0.1) is 0 Å². The molecule has 6 nitrogen and oxygen atoms in total. The molecule has 0 radical (unpaired) electrons. The molecule has 0 aromatic heterocycles. The first-order chi connectivity index (χ1) is 11.3. The van der Waals surface area contributed by atoms with Crippen LogP contribution in [0, 0.1) is 0 Å². The molecule has 24 heavy (non-hydrogen) atoms. The summed E-state index contributed by atoms with van der Waals surface area (Å²) in [5, 5.41) is 0.883. The quantitative estimate of drug-likeness (QED) is 0.512. The highest BCUT2D eigenvalue weighted by atomic mass is 35.5. The molecule has 0 heterocycles. The van der Waals surface area contributed by atoms with Crippen LogP contribution in [-0.4, -0.2) is 43.9 Å². The molecule has 1 aromatic carbocycles. The molecule has 0 unspecified atom stereocenters. The third-order valence-corrected chi connectivity index (χ3v) is 3.44. The van der Waals surface area contributed by atoms with Crippen molar-refractivity contribution in [2.45, 2.75) is 12.8 Å². The second kappa shape index (κ2) is 10.1. The Morgan fingerprint density at radius 1 is 1.29 bits per heavy atom. The van der Waals surface area contributed by atoms with Crippen LogP contribution in [0.25, 0.3) is 0 Å². The molecular weight excluding hydrogens is 351 g/mol. The van der Waals surface area contributed by atoms with E-state index in [9.17, 15) is 4.79 Å². The number of carbonyl (C=O) groups excluding carboxylic acids is 1. The van der Waals surface area contributed by atoms with Gasteiger partial charge in [0, 0.05) is 25.5 Å². The van der Waals surface area contributed by atoms with Crippen LogP contribution in [0.2, 0.25) is 10.0 Å². The topological polar surface area (TPSA) is 93.9 Å². The minimum atomic E-state index is -0.0567. The second-order valence-electron chi connectivity index (χ2n) is 5.39. The van der Waals surface area contributed by atoms with E-state index in [0.717, 1.165) is 5.57 Å². The molecule has 0 amide bonds. The lowest BCUT2D eigenvalue weighted by Gasteiger charge is -2.11. The lowest BCUT2D eigenvalue weighted by Crippen LogP contribution is -2.23. The lowest BCUT2D eigenvalue weighted by atomic mass is 10.1. The number of rotatable bonds is 9. The number of guanidine groups is 1. The van der Waals surface area contributed by atoms with Crippen LogP contribution in [0.3, 0.4) is 0 Å². The summed E-state index contributed by atoms with van der Waals surface area (Å²) in [6.45, 7) is 0.302. The van der Waals surface area contributed by atoms with E-state index in [4.69, 9.17) is 39.4 Å². The highest BCUT2D eigenvalue weighted by molar-refractivity contribution is 6.35. The molecule has 0 aliphatic rings. The van der Waals surface area contributed by atoms with Crippen molar-refractivity contribution >= 4 is 34.9 Å². The molecule has 0 aliphatic heterocycles. The number of ether oxygens (including phenoxy) is 1. The molecule has 8 heteroatoms. The molecule has 0 bridgehead atoms. The van der Waals surface area contributed by atoms with Gasteiger partial charge >= 0.3 is 0 Å². The summed E-state index contributed by atoms with van der Waals surface area (Å²) >= 11 is 11.8. The fraction of sp³-hybridized carbons (Fsp3) is 0.375. The monoisotopic (exact) mass is 372 g/mol. The Hall–Kier alpha value is -1.92. The zero-order valence-electron chi connectivity index (χ0n) is 13.8. The second-order valence-corrected chi connectivity index (χ2v) is 6.24. The molecule has 4 N–H and O–H groups in total. The average Bonchev–Trinajstić information content (AvgIpc) is 2.48. The maximum atomic E-state index is 12.0. The van der Waals surface area contributed by atoms with Gasteiger partial charge < -0.3 is 21.1 Å². The Balaban J connectivity index is 2.52. The van der Waals surface area contributed by atoms with E-state index < -0.39 is 0 Å².